The van der Waals surface area contributed by atoms with Crippen LogP contribution in [0.5, 0.6) is 5.75 Å². The summed E-state index contributed by atoms with van der Waals surface area (Å²) in [5.41, 5.74) is 1.88. The van der Waals surface area contributed by atoms with Gasteiger partial charge in [-0.25, -0.2) is 0 Å². The van der Waals surface area contributed by atoms with Crippen molar-refractivity contribution in [3.63, 3.8) is 0 Å². The quantitative estimate of drug-likeness (QED) is 0.780. The third-order valence-corrected chi connectivity index (χ3v) is 3.42. The molecule has 0 amide bonds. The van der Waals surface area contributed by atoms with E-state index in [0.717, 1.165) is 5.56 Å². The van der Waals surface area contributed by atoms with E-state index >= 15 is 0 Å². The topological polar surface area (TPSA) is 42.2 Å². The average molecular weight is 298 g/mol. The van der Waals surface area contributed by atoms with Crippen LogP contribution in [-0.2, 0) is 0 Å². The van der Waals surface area contributed by atoms with Crippen molar-refractivity contribution in [2.75, 3.05) is 0 Å². The first-order valence-electron chi connectivity index (χ1n) is 6.42. The van der Waals surface area contributed by atoms with Gasteiger partial charge in [0.2, 0.25) is 0 Å². The number of hydrogen-bond donors (Lipinski definition) is 1. The number of hydrogen-bond acceptors (Lipinski definition) is 2. The Morgan fingerprint density at radius 2 is 1.57 bits per heavy atom. The lowest BCUT2D eigenvalue weighted by Crippen LogP contribution is -2.18. The minimum absolute atomic E-state index is 0.0518. The fraction of sp³-hybridized carbons (Fsp3) is 0. The number of aromatic hydroxyl groups is 1. The molecule has 0 atom stereocenters. The standard InChI is InChI=1S/C17H12ClNO2/c18-13-6-8-14(9-7-13)19-16(10-15(20)11-17(19)21)12-4-2-1-3-5-12/h1-11,20H. The molecule has 0 aliphatic carbocycles. The summed E-state index contributed by atoms with van der Waals surface area (Å²) in [6.45, 7) is 0. The zero-order valence-corrected chi connectivity index (χ0v) is 11.8. The Morgan fingerprint density at radius 1 is 0.905 bits per heavy atom. The SMILES string of the molecule is O=c1cc(O)cc(-c2ccccc2)n1-c1ccc(Cl)cc1. The second-order valence-electron chi connectivity index (χ2n) is 4.61. The molecule has 0 aliphatic heterocycles. The number of aromatic nitrogens is 1. The van der Waals surface area contributed by atoms with E-state index in [2.05, 4.69) is 0 Å². The van der Waals surface area contributed by atoms with Gasteiger partial charge in [-0.1, -0.05) is 41.9 Å². The van der Waals surface area contributed by atoms with Crippen molar-refractivity contribution in [3.8, 4) is 22.7 Å². The van der Waals surface area contributed by atoms with Gasteiger partial charge in [-0.15, -0.1) is 0 Å². The second kappa shape index (κ2) is 5.46. The maximum Gasteiger partial charge on any atom is 0.259 e. The first-order chi connectivity index (χ1) is 10.1. The van der Waals surface area contributed by atoms with E-state index in [1.165, 1.54) is 6.07 Å². The van der Waals surface area contributed by atoms with Crippen LogP contribution in [0.2, 0.25) is 5.02 Å². The highest BCUT2D eigenvalue weighted by Gasteiger charge is 2.10. The molecule has 0 aliphatic rings. The molecule has 3 aromatic rings. The van der Waals surface area contributed by atoms with Gasteiger partial charge in [0, 0.05) is 22.8 Å². The number of nitrogens with zero attached hydrogens (tertiary/aromatic N) is 1. The minimum atomic E-state index is -0.295. The summed E-state index contributed by atoms with van der Waals surface area (Å²) < 4.78 is 1.55. The Hall–Kier alpha value is -2.52. The lowest BCUT2D eigenvalue weighted by atomic mass is 10.1. The third-order valence-electron chi connectivity index (χ3n) is 3.17. The molecule has 3 rings (SSSR count). The summed E-state index contributed by atoms with van der Waals surface area (Å²) in [5, 5.41) is 10.3. The van der Waals surface area contributed by atoms with Crippen molar-refractivity contribution in [2.45, 2.75) is 0 Å². The van der Waals surface area contributed by atoms with E-state index in [4.69, 9.17) is 11.6 Å². The van der Waals surface area contributed by atoms with Crippen LogP contribution in [0.1, 0.15) is 0 Å². The van der Waals surface area contributed by atoms with Crippen LogP contribution in [0.15, 0.2) is 71.5 Å². The van der Waals surface area contributed by atoms with Crippen LogP contribution in [0.25, 0.3) is 16.9 Å². The summed E-state index contributed by atoms with van der Waals surface area (Å²) in [5.74, 6) is -0.0518. The molecule has 0 radical (unpaired) electrons. The highest BCUT2D eigenvalue weighted by atomic mass is 35.5. The maximum absolute atomic E-state index is 12.3. The van der Waals surface area contributed by atoms with Gasteiger partial charge in [-0.2, -0.15) is 0 Å². The Kier molecular flexibility index (Phi) is 3.50. The van der Waals surface area contributed by atoms with E-state index in [-0.39, 0.29) is 11.3 Å². The molecular weight excluding hydrogens is 286 g/mol. The van der Waals surface area contributed by atoms with Gasteiger partial charge in [0.15, 0.2) is 0 Å². The summed E-state index contributed by atoms with van der Waals surface area (Å²) in [7, 11) is 0. The van der Waals surface area contributed by atoms with Crippen molar-refractivity contribution >= 4 is 11.6 Å². The van der Waals surface area contributed by atoms with Crippen LogP contribution in [-0.4, -0.2) is 9.67 Å². The van der Waals surface area contributed by atoms with E-state index in [1.54, 1.807) is 34.9 Å². The smallest absolute Gasteiger partial charge is 0.259 e. The van der Waals surface area contributed by atoms with Gasteiger partial charge in [0.25, 0.3) is 5.56 Å². The van der Waals surface area contributed by atoms with Gasteiger partial charge in [0.1, 0.15) is 5.75 Å². The Labute approximate surface area is 126 Å². The number of pyridine rings is 1. The molecule has 104 valence electrons. The molecule has 0 saturated heterocycles. The Morgan fingerprint density at radius 3 is 2.24 bits per heavy atom. The van der Waals surface area contributed by atoms with Crippen LogP contribution in [0.4, 0.5) is 0 Å². The third kappa shape index (κ3) is 2.69. The molecule has 3 nitrogen and oxygen atoms in total. The van der Waals surface area contributed by atoms with Gasteiger partial charge in [0.05, 0.1) is 5.69 Å². The van der Waals surface area contributed by atoms with Crippen molar-refractivity contribution in [1.82, 2.24) is 4.57 Å². The predicted octanol–water partition coefficient (Wildman–Crippen LogP) is 3.86. The van der Waals surface area contributed by atoms with Gasteiger partial charge >= 0.3 is 0 Å². The van der Waals surface area contributed by atoms with Gasteiger partial charge in [-0.3, -0.25) is 9.36 Å². The predicted molar refractivity (Wildman–Crippen MR) is 84.1 cm³/mol. The maximum atomic E-state index is 12.3. The normalized spacial score (nSPS) is 10.5. The molecule has 0 spiro atoms. The van der Waals surface area contributed by atoms with Gasteiger partial charge < -0.3 is 5.11 Å². The zero-order valence-electron chi connectivity index (χ0n) is 11.0. The van der Waals surface area contributed by atoms with Crippen LogP contribution >= 0.6 is 11.6 Å². The monoisotopic (exact) mass is 297 g/mol. The second-order valence-corrected chi connectivity index (χ2v) is 5.05. The first-order valence-corrected chi connectivity index (χ1v) is 6.80. The van der Waals surface area contributed by atoms with Crippen molar-refractivity contribution < 1.29 is 5.11 Å². The van der Waals surface area contributed by atoms with Crippen molar-refractivity contribution in [3.05, 3.63) is 82.1 Å². The number of benzene rings is 2. The van der Waals surface area contributed by atoms with E-state index < -0.39 is 0 Å². The van der Waals surface area contributed by atoms with E-state index in [1.807, 2.05) is 30.3 Å². The summed E-state index contributed by atoms with van der Waals surface area (Å²) >= 11 is 5.89. The summed E-state index contributed by atoms with van der Waals surface area (Å²) in [6.07, 6.45) is 0. The highest BCUT2D eigenvalue weighted by molar-refractivity contribution is 6.30. The fourth-order valence-corrected chi connectivity index (χ4v) is 2.36. The molecular formula is C17H12ClNO2. The van der Waals surface area contributed by atoms with E-state index in [9.17, 15) is 9.90 Å². The molecule has 0 unspecified atom stereocenters. The van der Waals surface area contributed by atoms with Crippen molar-refractivity contribution in [1.29, 1.82) is 0 Å². The molecule has 2 aromatic carbocycles. The number of halogens is 1. The fourth-order valence-electron chi connectivity index (χ4n) is 2.23. The largest absolute Gasteiger partial charge is 0.508 e. The highest BCUT2D eigenvalue weighted by Crippen LogP contribution is 2.24. The first kappa shape index (κ1) is 13.5. The Bertz CT molecular complexity index is 824. The van der Waals surface area contributed by atoms with E-state index in [0.29, 0.717) is 16.4 Å². The molecule has 1 N–H and O–H groups in total. The summed E-state index contributed by atoms with van der Waals surface area (Å²) in [4.78, 5) is 12.3. The van der Waals surface area contributed by atoms with Crippen LogP contribution < -0.4 is 5.56 Å². The molecule has 21 heavy (non-hydrogen) atoms. The molecule has 4 heteroatoms. The zero-order chi connectivity index (χ0) is 14.8. The molecule has 0 saturated carbocycles. The minimum Gasteiger partial charge on any atom is -0.508 e. The van der Waals surface area contributed by atoms with Crippen LogP contribution in [0, 0.1) is 0 Å². The van der Waals surface area contributed by atoms with Crippen LogP contribution in [0.3, 0.4) is 0 Å². The molecule has 1 heterocycles. The number of rotatable bonds is 2. The average Bonchev–Trinajstić information content (AvgIpc) is 2.49. The Balaban J connectivity index is 2.29. The van der Waals surface area contributed by atoms with Gasteiger partial charge in [-0.05, 0) is 29.8 Å². The lowest BCUT2D eigenvalue weighted by Gasteiger charge is -2.13. The molecule has 1 aromatic heterocycles. The summed E-state index contributed by atoms with van der Waals surface area (Å²) in [6, 6.07) is 19.2. The van der Waals surface area contributed by atoms with Crippen molar-refractivity contribution in [2.24, 2.45) is 0 Å². The molecule has 0 fully saturated rings. The lowest BCUT2D eigenvalue weighted by molar-refractivity contribution is 0.473. The molecule has 0 bridgehead atoms.